The molecule has 1 aromatic carbocycles. The highest BCUT2D eigenvalue weighted by Crippen LogP contribution is 2.17. The minimum Gasteiger partial charge on any atom is -0.477 e. The molecule has 4 nitrogen and oxygen atoms in total. The van der Waals surface area contributed by atoms with Gasteiger partial charge < -0.3 is 9.67 Å². The smallest absolute Gasteiger partial charge is 0.352 e. The van der Waals surface area contributed by atoms with Crippen LogP contribution in [0.15, 0.2) is 36.5 Å². The Morgan fingerprint density at radius 2 is 1.83 bits per heavy atom. The van der Waals surface area contributed by atoms with Crippen LogP contribution < -0.4 is 0 Å². The van der Waals surface area contributed by atoms with E-state index in [2.05, 4.69) is 0 Å². The maximum Gasteiger partial charge on any atom is 0.352 e. The monoisotopic (exact) mass is 247 g/mol. The number of carboxylic acid groups (broad SMARTS) is 1. The minimum absolute atomic E-state index is 0.0354. The normalized spacial score (nSPS) is 10.3. The highest BCUT2D eigenvalue weighted by Gasteiger charge is 2.15. The molecular formula is C13H10FNO3. The molecule has 1 N–H and O–H groups in total. The maximum absolute atomic E-state index is 12.8. The SMILES string of the molecule is CC(=O)c1cc(C(=O)O)n(-c2ccc(F)cc2)c1. The number of hydrogen-bond donors (Lipinski definition) is 1. The summed E-state index contributed by atoms with van der Waals surface area (Å²) < 4.78 is 14.2. The van der Waals surface area contributed by atoms with Gasteiger partial charge in [-0.25, -0.2) is 9.18 Å². The molecular weight excluding hydrogens is 237 g/mol. The Bertz CT molecular complexity index is 614. The largest absolute Gasteiger partial charge is 0.477 e. The third kappa shape index (κ3) is 2.15. The molecule has 0 atom stereocenters. The summed E-state index contributed by atoms with van der Waals surface area (Å²) in [6, 6.07) is 6.66. The summed E-state index contributed by atoms with van der Waals surface area (Å²) in [4.78, 5) is 22.3. The van der Waals surface area contributed by atoms with E-state index < -0.39 is 11.8 Å². The number of aromatic nitrogens is 1. The summed E-state index contributed by atoms with van der Waals surface area (Å²) in [7, 11) is 0. The fraction of sp³-hybridized carbons (Fsp3) is 0.0769. The van der Waals surface area contributed by atoms with Gasteiger partial charge >= 0.3 is 5.97 Å². The van der Waals surface area contributed by atoms with Crippen LogP contribution in [0.5, 0.6) is 0 Å². The summed E-state index contributed by atoms with van der Waals surface area (Å²) in [6.45, 7) is 1.36. The van der Waals surface area contributed by atoms with Gasteiger partial charge in [0.2, 0.25) is 0 Å². The molecule has 5 heteroatoms. The number of aromatic carboxylic acids is 1. The van der Waals surface area contributed by atoms with Crippen molar-refractivity contribution in [3.05, 3.63) is 53.6 Å². The second kappa shape index (κ2) is 4.44. The third-order valence-electron chi connectivity index (χ3n) is 2.55. The van der Waals surface area contributed by atoms with E-state index in [0.29, 0.717) is 11.3 Å². The van der Waals surface area contributed by atoms with Gasteiger partial charge in [-0.3, -0.25) is 4.79 Å². The Morgan fingerprint density at radius 1 is 1.22 bits per heavy atom. The first kappa shape index (κ1) is 12.0. The van der Waals surface area contributed by atoms with Gasteiger partial charge in [-0.05, 0) is 37.3 Å². The lowest BCUT2D eigenvalue weighted by molar-refractivity contribution is 0.0688. The van der Waals surface area contributed by atoms with Crippen molar-refractivity contribution in [2.45, 2.75) is 6.92 Å². The summed E-state index contributed by atoms with van der Waals surface area (Å²) >= 11 is 0. The first-order valence-corrected chi connectivity index (χ1v) is 5.21. The Labute approximate surface area is 102 Å². The van der Waals surface area contributed by atoms with Crippen LogP contribution in [0.1, 0.15) is 27.8 Å². The van der Waals surface area contributed by atoms with Crippen molar-refractivity contribution in [3.63, 3.8) is 0 Å². The van der Waals surface area contributed by atoms with Crippen LogP contribution >= 0.6 is 0 Å². The van der Waals surface area contributed by atoms with Gasteiger partial charge in [-0.15, -0.1) is 0 Å². The number of hydrogen-bond acceptors (Lipinski definition) is 2. The number of Topliss-reactive ketones (excluding diaryl/α,β-unsaturated/α-hetero) is 1. The molecule has 2 aromatic rings. The lowest BCUT2D eigenvalue weighted by Gasteiger charge is -2.05. The van der Waals surface area contributed by atoms with Crippen LogP contribution in [0.2, 0.25) is 0 Å². The zero-order valence-electron chi connectivity index (χ0n) is 9.55. The minimum atomic E-state index is -1.15. The fourth-order valence-electron chi connectivity index (χ4n) is 1.64. The number of carbonyl (C=O) groups is 2. The van der Waals surface area contributed by atoms with E-state index in [4.69, 9.17) is 5.11 Å². The molecule has 0 aliphatic rings. The Hall–Kier alpha value is -2.43. The average Bonchev–Trinajstić information content (AvgIpc) is 2.75. The maximum atomic E-state index is 12.8. The topological polar surface area (TPSA) is 59.3 Å². The van der Waals surface area contributed by atoms with Gasteiger partial charge in [0, 0.05) is 17.4 Å². The van der Waals surface area contributed by atoms with Crippen molar-refractivity contribution >= 4 is 11.8 Å². The Balaban J connectivity index is 2.58. The third-order valence-corrected chi connectivity index (χ3v) is 2.55. The van der Waals surface area contributed by atoms with Crippen LogP contribution in [0.4, 0.5) is 4.39 Å². The van der Waals surface area contributed by atoms with Crippen LogP contribution in [-0.2, 0) is 0 Å². The first-order valence-electron chi connectivity index (χ1n) is 5.21. The summed E-state index contributed by atoms with van der Waals surface area (Å²) in [6.07, 6.45) is 1.43. The molecule has 0 amide bonds. The molecule has 0 bridgehead atoms. The quantitative estimate of drug-likeness (QED) is 0.848. The molecule has 0 unspecified atom stereocenters. The van der Waals surface area contributed by atoms with Crippen LogP contribution in [0, 0.1) is 5.82 Å². The predicted octanol–water partition coefficient (Wildman–Crippen LogP) is 2.52. The van der Waals surface area contributed by atoms with Crippen LogP contribution in [0.25, 0.3) is 5.69 Å². The van der Waals surface area contributed by atoms with Gasteiger partial charge in [-0.1, -0.05) is 0 Å². The molecule has 0 aliphatic carbocycles. The molecule has 18 heavy (non-hydrogen) atoms. The number of carboxylic acids is 1. The number of benzene rings is 1. The van der Waals surface area contributed by atoms with Crippen molar-refractivity contribution in [3.8, 4) is 5.69 Å². The van der Waals surface area contributed by atoms with E-state index in [9.17, 15) is 14.0 Å². The zero-order valence-corrected chi connectivity index (χ0v) is 9.55. The zero-order chi connectivity index (χ0) is 13.3. The highest BCUT2D eigenvalue weighted by molar-refractivity contribution is 5.97. The molecule has 0 saturated carbocycles. The highest BCUT2D eigenvalue weighted by atomic mass is 19.1. The number of carbonyl (C=O) groups excluding carboxylic acids is 1. The number of halogens is 1. The summed E-state index contributed by atoms with van der Waals surface area (Å²) in [5.74, 6) is -1.78. The number of rotatable bonds is 3. The molecule has 0 radical (unpaired) electrons. The van der Waals surface area contributed by atoms with Crippen molar-refractivity contribution in [2.24, 2.45) is 0 Å². The van der Waals surface area contributed by atoms with Gasteiger partial charge in [-0.2, -0.15) is 0 Å². The van der Waals surface area contributed by atoms with Gasteiger partial charge in [0.25, 0.3) is 0 Å². The van der Waals surface area contributed by atoms with E-state index in [1.165, 1.54) is 48.0 Å². The van der Waals surface area contributed by atoms with Crippen LogP contribution in [0.3, 0.4) is 0 Å². The molecule has 1 aromatic heterocycles. The molecule has 0 aliphatic heterocycles. The van der Waals surface area contributed by atoms with Gasteiger partial charge in [0.15, 0.2) is 5.78 Å². The molecule has 0 spiro atoms. The summed E-state index contributed by atoms with van der Waals surface area (Å²) in [5.41, 5.74) is 0.754. The second-order valence-corrected chi connectivity index (χ2v) is 3.82. The first-order chi connectivity index (χ1) is 8.49. The predicted molar refractivity (Wildman–Crippen MR) is 62.7 cm³/mol. The molecule has 2 rings (SSSR count). The molecule has 0 saturated heterocycles. The molecule has 92 valence electrons. The van der Waals surface area contributed by atoms with Crippen molar-refractivity contribution < 1.29 is 19.1 Å². The second-order valence-electron chi connectivity index (χ2n) is 3.82. The van der Waals surface area contributed by atoms with E-state index in [1.54, 1.807) is 0 Å². The lowest BCUT2D eigenvalue weighted by Crippen LogP contribution is -2.05. The fourth-order valence-corrected chi connectivity index (χ4v) is 1.64. The van der Waals surface area contributed by atoms with E-state index >= 15 is 0 Å². The van der Waals surface area contributed by atoms with E-state index in [0.717, 1.165) is 0 Å². The van der Waals surface area contributed by atoms with Gasteiger partial charge in [0.05, 0.1) is 0 Å². The molecule has 1 heterocycles. The number of ketones is 1. The average molecular weight is 247 g/mol. The van der Waals surface area contributed by atoms with Crippen molar-refractivity contribution in [1.82, 2.24) is 4.57 Å². The Morgan fingerprint density at radius 3 is 2.33 bits per heavy atom. The van der Waals surface area contributed by atoms with Crippen molar-refractivity contribution in [2.75, 3.05) is 0 Å². The van der Waals surface area contributed by atoms with Crippen molar-refractivity contribution in [1.29, 1.82) is 0 Å². The van der Waals surface area contributed by atoms with E-state index in [1.807, 2.05) is 0 Å². The lowest BCUT2D eigenvalue weighted by atomic mass is 10.2. The van der Waals surface area contributed by atoms with E-state index in [-0.39, 0.29) is 11.5 Å². The summed E-state index contributed by atoms with van der Waals surface area (Å²) in [5, 5.41) is 9.07. The van der Waals surface area contributed by atoms with Gasteiger partial charge in [0.1, 0.15) is 11.5 Å². The molecule has 0 fully saturated rings. The van der Waals surface area contributed by atoms with Crippen LogP contribution in [-0.4, -0.2) is 21.4 Å². The standard InChI is InChI=1S/C13H10FNO3/c1-8(16)9-6-12(13(17)18)15(7-9)11-4-2-10(14)3-5-11/h2-7H,1H3,(H,17,18). The number of nitrogens with zero attached hydrogens (tertiary/aromatic N) is 1. The Kier molecular flexibility index (Phi) is 2.97.